The number of hydrogen-bond acceptors (Lipinski definition) is 2. The minimum Gasteiger partial charge on any atom is -0.292 e. The molecule has 0 amide bonds. The quantitative estimate of drug-likeness (QED) is 0.799. The largest absolute Gasteiger partial charge is 0.292 e. The van der Waals surface area contributed by atoms with E-state index in [0.717, 1.165) is 0 Å². The molecule has 100 valence electrons. The van der Waals surface area contributed by atoms with E-state index in [2.05, 4.69) is 20.9 Å². The Bertz CT molecular complexity index is 672. The average molecular weight is 346 g/mol. The first-order valence-corrected chi connectivity index (χ1v) is 6.88. The lowest BCUT2D eigenvalue weighted by Gasteiger charge is -2.11. The van der Waals surface area contributed by atoms with Crippen molar-refractivity contribution in [3.8, 4) is 0 Å². The molecule has 0 aliphatic heterocycles. The highest BCUT2D eigenvalue weighted by atomic mass is 79.9. The highest BCUT2D eigenvalue weighted by Gasteiger charge is 2.10. The summed E-state index contributed by atoms with van der Waals surface area (Å²) in [5, 5.41) is 0.161. The Morgan fingerprint density at radius 3 is 2.79 bits per heavy atom. The van der Waals surface area contributed by atoms with Gasteiger partial charge in [-0.3, -0.25) is 9.36 Å². The van der Waals surface area contributed by atoms with E-state index < -0.39 is 0 Å². The lowest BCUT2D eigenvalue weighted by atomic mass is 10.2. The van der Waals surface area contributed by atoms with Gasteiger partial charge in [-0.15, -0.1) is 0 Å². The first kappa shape index (κ1) is 14.2. The van der Waals surface area contributed by atoms with E-state index in [1.807, 2.05) is 6.92 Å². The number of aromatic nitrogens is 2. The van der Waals surface area contributed by atoms with Gasteiger partial charge in [-0.05, 0) is 12.1 Å². The highest BCUT2D eigenvalue weighted by molar-refractivity contribution is 9.10. The van der Waals surface area contributed by atoms with Crippen LogP contribution in [0.4, 0.5) is 4.39 Å². The topological polar surface area (TPSA) is 34.9 Å². The fourth-order valence-electron chi connectivity index (χ4n) is 1.78. The molecule has 2 aromatic rings. The Kier molecular flexibility index (Phi) is 4.37. The van der Waals surface area contributed by atoms with Crippen LogP contribution in [-0.4, -0.2) is 9.55 Å². The van der Waals surface area contributed by atoms with Gasteiger partial charge in [0.1, 0.15) is 16.8 Å². The number of halogens is 3. The molecule has 0 fully saturated rings. The molecule has 1 aromatic carbocycles. The van der Waals surface area contributed by atoms with E-state index in [1.54, 1.807) is 12.1 Å². The van der Waals surface area contributed by atoms with Crippen LogP contribution in [-0.2, 0) is 13.0 Å². The monoisotopic (exact) mass is 344 g/mol. The molecule has 1 heterocycles. The van der Waals surface area contributed by atoms with Gasteiger partial charge in [0.05, 0.1) is 6.54 Å². The third-order valence-electron chi connectivity index (χ3n) is 2.72. The normalized spacial score (nSPS) is 10.7. The van der Waals surface area contributed by atoms with E-state index in [4.69, 9.17) is 11.6 Å². The van der Waals surface area contributed by atoms with Crippen molar-refractivity contribution in [2.45, 2.75) is 19.9 Å². The van der Waals surface area contributed by atoms with Crippen molar-refractivity contribution < 1.29 is 4.39 Å². The van der Waals surface area contributed by atoms with E-state index in [0.29, 0.717) is 22.3 Å². The average Bonchev–Trinajstić information content (AvgIpc) is 2.34. The molecule has 0 aliphatic carbocycles. The number of benzene rings is 1. The third kappa shape index (κ3) is 3.22. The van der Waals surface area contributed by atoms with Gasteiger partial charge in [-0.1, -0.05) is 40.5 Å². The number of nitrogens with zero attached hydrogens (tertiary/aromatic N) is 2. The second-order valence-electron chi connectivity index (χ2n) is 4.01. The van der Waals surface area contributed by atoms with Crippen molar-refractivity contribution in [3.05, 3.63) is 61.5 Å². The highest BCUT2D eigenvalue weighted by Crippen LogP contribution is 2.16. The Balaban J connectivity index is 2.46. The van der Waals surface area contributed by atoms with E-state index in [1.165, 1.54) is 16.7 Å². The lowest BCUT2D eigenvalue weighted by Crippen LogP contribution is -2.25. The molecular weight excluding hydrogens is 335 g/mol. The van der Waals surface area contributed by atoms with Gasteiger partial charge in [0.25, 0.3) is 5.56 Å². The molecule has 19 heavy (non-hydrogen) atoms. The molecule has 0 spiro atoms. The first-order chi connectivity index (χ1) is 9.01. The molecular formula is C13H11BrClFN2O. The molecule has 0 radical (unpaired) electrons. The van der Waals surface area contributed by atoms with Gasteiger partial charge in [0.2, 0.25) is 0 Å². The van der Waals surface area contributed by atoms with Crippen LogP contribution in [0.2, 0.25) is 5.15 Å². The van der Waals surface area contributed by atoms with Crippen LogP contribution in [0.15, 0.2) is 33.5 Å². The summed E-state index contributed by atoms with van der Waals surface area (Å²) >= 11 is 8.95. The van der Waals surface area contributed by atoms with Crippen LogP contribution >= 0.6 is 27.5 Å². The van der Waals surface area contributed by atoms with Crippen LogP contribution in [0.25, 0.3) is 0 Å². The summed E-state index contributed by atoms with van der Waals surface area (Å²) in [6, 6.07) is 5.98. The zero-order valence-corrected chi connectivity index (χ0v) is 12.5. The summed E-state index contributed by atoms with van der Waals surface area (Å²) in [5.41, 5.74) is 0.156. The smallest absolute Gasteiger partial charge is 0.255 e. The van der Waals surface area contributed by atoms with Gasteiger partial charge in [0.15, 0.2) is 0 Å². The molecule has 6 heteroatoms. The molecule has 0 aliphatic rings. The van der Waals surface area contributed by atoms with Crippen molar-refractivity contribution in [1.29, 1.82) is 0 Å². The van der Waals surface area contributed by atoms with Crippen molar-refractivity contribution in [2.24, 2.45) is 0 Å². The molecule has 1 aromatic heterocycles. The van der Waals surface area contributed by atoms with Crippen molar-refractivity contribution in [3.63, 3.8) is 0 Å². The third-order valence-corrected chi connectivity index (χ3v) is 3.40. The summed E-state index contributed by atoms with van der Waals surface area (Å²) in [4.78, 5) is 16.0. The van der Waals surface area contributed by atoms with Gasteiger partial charge in [-0.2, -0.15) is 0 Å². The minimum atomic E-state index is -0.363. The van der Waals surface area contributed by atoms with Crippen LogP contribution in [0.1, 0.15) is 18.3 Å². The van der Waals surface area contributed by atoms with Crippen molar-refractivity contribution >= 4 is 27.5 Å². The van der Waals surface area contributed by atoms with Gasteiger partial charge >= 0.3 is 0 Å². The van der Waals surface area contributed by atoms with Crippen molar-refractivity contribution in [2.75, 3.05) is 0 Å². The molecule has 0 saturated carbocycles. The summed E-state index contributed by atoms with van der Waals surface area (Å²) in [7, 11) is 0. The predicted molar refractivity (Wildman–Crippen MR) is 76.1 cm³/mol. The van der Waals surface area contributed by atoms with E-state index in [9.17, 15) is 9.18 Å². The Morgan fingerprint density at radius 1 is 1.42 bits per heavy atom. The van der Waals surface area contributed by atoms with Crippen LogP contribution < -0.4 is 5.56 Å². The maximum absolute atomic E-state index is 13.8. The molecule has 0 N–H and O–H groups in total. The zero-order chi connectivity index (χ0) is 14.0. The minimum absolute atomic E-state index is 0.144. The molecule has 0 saturated heterocycles. The van der Waals surface area contributed by atoms with Crippen LogP contribution in [0, 0.1) is 5.82 Å². The molecule has 0 unspecified atom stereocenters. The van der Waals surface area contributed by atoms with Crippen LogP contribution in [0.3, 0.4) is 0 Å². The fraction of sp³-hybridized carbons (Fsp3) is 0.231. The lowest BCUT2D eigenvalue weighted by molar-refractivity contribution is 0.585. The first-order valence-electron chi connectivity index (χ1n) is 5.71. The van der Waals surface area contributed by atoms with Crippen LogP contribution in [0.5, 0.6) is 0 Å². The molecule has 0 atom stereocenters. The molecule has 2 rings (SSSR count). The maximum Gasteiger partial charge on any atom is 0.255 e. The summed E-state index contributed by atoms with van der Waals surface area (Å²) in [6.07, 6.45) is 0.550. The second-order valence-corrected chi connectivity index (χ2v) is 5.31. The summed E-state index contributed by atoms with van der Waals surface area (Å²) in [6.45, 7) is 2.01. The van der Waals surface area contributed by atoms with Gasteiger partial charge in [-0.25, -0.2) is 9.37 Å². The SMILES string of the molecule is CCc1nc(Cl)cc(=O)n1Cc1ccc(Br)cc1F. The summed E-state index contributed by atoms with van der Waals surface area (Å²) in [5.74, 6) is 0.179. The second kappa shape index (κ2) is 5.84. The maximum atomic E-state index is 13.8. The Hall–Kier alpha value is -1.20. The molecule has 3 nitrogen and oxygen atoms in total. The molecule has 0 bridgehead atoms. The van der Waals surface area contributed by atoms with E-state index in [-0.39, 0.29) is 23.1 Å². The number of rotatable bonds is 3. The Morgan fingerprint density at radius 2 is 2.16 bits per heavy atom. The number of hydrogen-bond donors (Lipinski definition) is 0. The standard InChI is InChI=1S/C13H11BrClFN2O/c1-2-12-17-11(15)6-13(19)18(12)7-8-3-4-9(14)5-10(8)16/h3-6H,2,7H2,1H3. The Labute approximate surface area is 123 Å². The fourth-order valence-corrected chi connectivity index (χ4v) is 2.31. The van der Waals surface area contributed by atoms with Gasteiger partial charge < -0.3 is 0 Å². The zero-order valence-electron chi connectivity index (χ0n) is 10.2. The number of aryl methyl sites for hydroxylation is 1. The van der Waals surface area contributed by atoms with Crippen molar-refractivity contribution in [1.82, 2.24) is 9.55 Å². The summed E-state index contributed by atoms with van der Waals surface area (Å²) < 4.78 is 15.9. The predicted octanol–water partition coefficient (Wildman–Crippen LogP) is 3.41. The van der Waals surface area contributed by atoms with E-state index >= 15 is 0 Å². The van der Waals surface area contributed by atoms with Gasteiger partial charge in [0, 0.05) is 22.5 Å².